The van der Waals surface area contributed by atoms with Crippen LogP contribution in [0.4, 0.5) is 0 Å². The van der Waals surface area contributed by atoms with Gasteiger partial charge in [0.2, 0.25) is 0 Å². The molecule has 0 bridgehead atoms. The van der Waals surface area contributed by atoms with Gasteiger partial charge in [0, 0.05) is 28.1 Å². The van der Waals surface area contributed by atoms with Crippen LogP contribution in [0.2, 0.25) is 0 Å². The Morgan fingerprint density at radius 2 is 1.77 bits per heavy atom. The van der Waals surface area contributed by atoms with Crippen LogP contribution in [0, 0.1) is 0 Å². The Bertz CT molecular complexity index is 749. The molecule has 3 nitrogen and oxygen atoms in total. The van der Waals surface area contributed by atoms with Gasteiger partial charge in [0.25, 0.3) is 0 Å². The molecular formula is C18H18BrNO2. The molecular weight excluding hydrogens is 342 g/mol. The van der Waals surface area contributed by atoms with Crippen LogP contribution in [0.5, 0.6) is 11.5 Å². The first-order chi connectivity index (χ1) is 10.8. The molecule has 0 N–H and O–H groups in total. The average Bonchev–Trinajstić information content (AvgIpc) is 2.94. The van der Waals surface area contributed by atoms with Crippen LogP contribution >= 0.6 is 15.9 Å². The molecule has 0 aliphatic rings. The van der Waals surface area contributed by atoms with Gasteiger partial charge in [-0.25, -0.2) is 0 Å². The van der Waals surface area contributed by atoms with Crippen molar-refractivity contribution in [1.82, 2.24) is 4.57 Å². The molecule has 0 aliphatic carbocycles. The lowest BCUT2D eigenvalue weighted by Gasteiger charge is -2.08. The van der Waals surface area contributed by atoms with Gasteiger partial charge in [-0.05, 0) is 55.0 Å². The monoisotopic (exact) mass is 359 g/mol. The molecule has 0 aliphatic heterocycles. The van der Waals surface area contributed by atoms with Crippen molar-refractivity contribution in [3.63, 3.8) is 0 Å². The first kappa shape index (κ1) is 15.0. The fourth-order valence-electron chi connectivity index (χ4n) is 2.46. The Labute approximate surface area is 138 Å². The largest absolute Gasteiger partial charge is 0.497 e. The van der Waals surface area contributed by atoms with Crippen LogP contribution in [-0.2, 0) is 6.54 Å². The first-order valence-corrected chi connectivity index (χ1v) is 8.07. The second-order valence-electron chi connectivity index (χ2n) is 5.09. The number of aryl methyl sites for hydroxylation is 1. The number of rotatable bonds is 6. The molecule has 0 radical (unpaired) electrons. The van der Waals surface area contributed by atoms with Gasteiger partial charge in [0.1, 0.15) is 11.5 Å². The molecule has 0 saturated heterocycles. The van der Waals surface area contributed by atoms with Crippen LogP contribution in [0.15, 0.2) is 59.2 Å². The summed E-state index contributed by atoms with van der Waals surface area (Å²) < 4.78 is 14.3. The second kappa shape index (κ2) is 6.88. The van der Waals surface area contributed by atoms with Crippen molar-refractivity contribution in [2.24, 2.45) is 0 Å². The molecule has 0 atom stereocenters. The summed E-state index contributed by atoms with van der Waals surface area (Å²) in [4.78, 5) is 0. The molecule has 1 heterocycles. The van der Waals surface area contributed by atoms with E-state index in [1.165, 1.54) is 10.9 Å². The van der Waals surface area contributed by atoms with Crippen LogP contribution in [0.1, 0.15) is 6.42 Å². The number of hydrogen-bond donors (Lipinski definition) is 0. The minimum Gasteiger partial charge on any atom is -0.497 e. The van der Waals surface area contributed by atoms with E-state index in [9.17, 15) is 0 Å². The fraction of sp³-hybridized carbons (Fsp3) is 0.222. The molecule has 1 aromatic heterocycles. The van der Waals surface area contributed by atoms with Crippen molar-refractivity contribution in [2.45, 2.75) is 13.0 Å². The third-order valence-corrected chi connectivity index (χ3v) is 4.10. The standard InChI is InChI=1S/C18H18BrNO2/c1-21-16-4-6-17(7-5-16)22-12-2-10-20-11-9-14-13-15(19)3-8-18(14)20/h3-9,11,13H,2,10,12H2,1H3. The highest BCUT2D eigenvalue weighted by Crippen LogP contribution is 2.21. The second-order valence-corrected chi connectivity index (χ2v) is 6.01. The van der Waals surface area contributed by atoms with Gasteiger partial charge in [-0.15, -0.1) is 0 Å². The van der Waals surface area contributed by atoms with Crippen molar-refractivity contribution in [3.05, 3.63) is 59.2 Å². The predicted octanol–water partition coefficient (Wildman–Crippen LogP) is 4.88. The maximum absolute atomic E-state index is 5.76. The number of benzene rings is 2. The summed E-state index contributed by atoms with van der Waals surface area (Å²) in [5.74, 6) is 1.72. The van der Waals surface area contributed by atoms with Gasteiger partial charge in [-0.2, -0.15) is 0 Å². The number of methoxy groups -OCH3 is 1. The number of fused-ring (bicyclic) bond motifs is 1. The zero-order chi connectivity index (χ0) is 15.4. The normalized spacial score (nSPS) is 10.8. The molecule has 22 heavy (non-hydrogen) atoms. The zero-order valence-electron chi connectivity index (χ0n) is 12.5. The Morgan fingerprint density at radius 3 is 2.55 bits per heavy atom. The molecule has 0 spiro atoms. The molecule has 114 valence electrons. The number of halogens is 1. The van der Waals surface area contributed by atoms with E-state index < -0.39 is 0 Å². The summed E-state index contributed by atoms with van der Waals surface area (Å²) in [5.41, 5.74) is 1.26. The molecule has 0 fully saturated rings. The third kappa shape index (κ3) is 3.45. The number of hydrogen-bond acceptors (Lipinski definition) is 2. The van der Waals surface area contributed by atoms with Gasteiger partial charge >= 0.3 is 0 Å². The third-order valence-electron chi connectivity index (χ3n) is 3.60. The van der Waals surface area contributed by atoms with E-state index in [2.05, 4.69) is 51.0 Å². The summed E-state index contributed by atoms with van der Waals surface area (Å²) in [6.45, 7) is 1.64. The molecule has 3 rings (SSSR count). The van der Waals surface area contributed by atoms with Gasteiger partial charge in [0.05, 0.1) is 13.7 Å². The van der Waals surface area contributed by atoms with E-state index in [-0.39, 0.29) is 0 Å². The number of aromatic nitrogens is 1. The molecule has 0 saturated carbocycles. The SMILES string of the molecule is COc1ccc(OCCCn2ccc3cc(Br)ccc32)cc1. The first-order valence-electron chi connectivity index (χ1n) is 7.27. The lowest BCUT2D eigenvalue weighted by molar-refractivity contribution is 0.302. The lowest BCUT2D eigenvalue weighted by atomic mass is 10.2. The maximum Gasteiger partial charge on any atom is 0.119 e. The summed E-state index contributed by atoms with van der Waals surface area (Å²) in [6, 6.07) is 16.2. The van der Waals surface area contributed by atoms with Gasteiger partial charge in [-0.1, -0.05) is 15.9 Å². The van der Waals surface area contributed by atoms with Gasteiger partial charge < -0.3 is 14.0 Å². The smallest absolute Gasteiger partial charge is 0.119 e. The summed E-state index contributed by atoms with van der Waals surface area (Å²) in [5, 5.41) is 1.26. The quantitative estimate of drug-likeness (QED) is 0.585. The fourth-order valence-corrected chi connectivity index (χ4v) is 2.84. The van der Waals surface area contributed by atoms with Crippen LogP contribution in [0.25, 0.3) is 10.9 Å². The average molecular weight is 360 g/mol. The topological polar surface area (TPSA) is 23.4 Å². The van der Waals surface area contributed by atoms with Crippen LogP contribution in [0.3, 0.4) is 0 Å². The highest BCUT2D eigenvalue weighted by atomic mass is 79.9. The van der Waals surface area contributed by atoms with Crippen molar-refractivity contribution >= 4 is 26.8 Å². The van der Waals surface area contributed by atoms with E-state index in [1.54, 1.807) is 7.11 Å². The molecule has 4 heteroatoms. The number of nitrogens with zero attached hydrogens (tertiary/aromatic N) is 1. The van der Waals surface area contributed by atoms with Gasteiger partial charge in [-0.3, -0.25) is 0 Å². The maximum atomic E-state index is 5.76. The molecule has 0 unspecified atom stereocenters. The lowest BCUT2D eigenvalue weighted by Crippen LogP contribution is -2.03. The Hall–Kier alpha value is -1.94. The minimum absolute atomic E-state index is 0.697. The van der Waals surface area contributed by atoms with Crippen molar-refractivity contribution in [2.75, 3.05) is 13.7 Å². The highest BCUT2D eigenvalue weighted by molar-refractivity contribution is 9.10. The molecule has 3 aromatic rings. The van der Waals surface area contributed by atoms with E-state index in [4.69, 9.17) is 9.47 Å². The van der Waals surface area contributed by atoms with E-state index in [0.717, 1.165) is 28.9 Å². The van der Waals surface area contributed by atoms with Crippen LogP contribution in [-0.4, -0.2) is 18.3 Å². The predicted molar refractivity (Wildman–Crippen MR) is 92.7 cm³/mol. The summed E-state index contributed by atoms with van der Waals surface area (Å²) in [6.07, 6.45) is 3.09. The summed E-state index contributed by atoms with van der Waals surface area (Å²) >= 11 is 3.50. The van der Waals surface area contributed by atoms with Crippen molar-refractivity contribution < 1.29 is 9.47 Å². The zero-order valence-corrected chi connectivity index (χ0v) is 14.0. The van der Waals surface area contributed by atoms with E-state index in [0.29, 0.717) is 6.61 Å². The Balaban J connectivity index is 1.53. The van der Waals surface area contributed by atoms with Crippen molar-refractivity contribution in [1.29, 1.82) is 0 Å². The van der Waals surface area contributed by atoms with Crippen molar-refractivity contribution in [3.8, 4) is 11.5 Å². The Morgan fingerprint density at radius 1 is 1.00 bits per heavy atom. The van der Waals surface area contributed by atoms with E-state index >= 15 is 0 Å². The highest BCUT2D eigenvalue weighted by Gasteiger charge is 2.02. The van der Waals surface area contributed by atoms with E-state index in [1.807, 2.05) is 24.3 Å². The Kier molecular flexibility index (Phi) is 4.68. The molecule has 0 amide bonds. The minimum atomic E-state index is 0.697. The molecule has 2 aromatic carbocycles. The number of ether oxygens (including phenoxy) is 2. The van der Waals surface area contributed by atoms with Gasteiger partial charge in [0.15, 0.2) is 0 Å². The van der Waals surface area contributed by atoms with Crippen LogP contribution < -0.4 is 9.47 Å². The summed E-state index contributed by atoms with van der Waals surface area (Å²) in [7, 11) is 1.66.